The van der Waals surface area contributed by atoms with Gasteiger partial charge in [0.2, 0.25) is 0 Å². The molecular formula is C19H28N2O4. The molecule has 1 aliphatic heterocycles. The molecule has 138 valence electrons. The highest BCUT2D eigenvalue weighted by Gasteiger charge is 2.28. The molecule has 6 heteroatoms. The number of benzene rings is 1. The second-order valence-electron chi connectivity index (χ2n) is 6.49. The van der Waals surface area contributed by atoms with Crippen LogP contribution >= 0.6 is 0 Å². The molecule has 1 fully saturated rings. The first-order valence-corrected chi connectivity index (χ1v) is 8.84. The van der Waals surface area contributed by atoms with Crippen molar-refractivity contribution in [1.29, 1.82) is 0 Å². The highest BCUT2D eigenvalue weighted by molar-refractivity contribution is 5.94. The maximum Gasteiger partial charge on any atom is 0.260 e. The third-order valence-corrected chi connectivity index (χ3v) is 4.55. The normalized spacial score (nSPS) is 20.2. The van der Waals surface area contributed by atoms with Crippen LogP contribution in [-0.2, 0) is 9.53 Å². The zero-order valence-corrected chi connectivity index (χ0v) is 15.3. The molecule has 0 radical (unpaired) electrons. The fourth-order valence-electron chi connectivity index (χ4n) is 3.20. The zero-order valence-electron chi connectivity index (χ0n) is 15.3. The van der Waals surface area contributed by atoms with Crippen molar-refractivity contribution in [2.24, 2.45) is 0 Å². The Morgan fingerprint density at radius 2 is 1.80 bits per heavy atom. The summed E-state index contributed by atoms with van der Waals surface area (Å²) in [5, 5.41) is 2.76. The topological polar surface area (TPSA) is 67.9 Å². The number of hydrogen-bond acceptors (Lipinski definition) is 4. The Bertz CT molecular complexity index is 563. The van der Waals surface area contributed by atoms with Gasteiger partial charge < -0.3 is 19.7 Å². The number of nitrogens with one attached hydrogen (secondary N) is 1. The van der Waals surface area contributed by atoms with Gasteiger partial charge in [-0.15, -0.1) is 0 Å². The molecule has 1 aromatic rings. The molecule has 2 amide bonds. The molecule has 1 aliphatic rings. The van der Waals surface area contributed by atoms with Crippen molar-refractivity contribution in [1.82, 2.24) is 10.2 Å². The average Bonchev–Trinajstić information content (AvgIpc) is 2.60. The number of carbonyl (C=O) groups excluding carboxylic acids is 2. The van der Waals surface area contributed by atoms with Gasteiger partial charge in [-0.25, -0.2) is 0 Å². The minimum atomic E-state index is -0.157. The standard InChI is InChI=1S/C19H28N2O4/c1-14-5-4-6-15(2)21(14)18(22)13-25-17-9-7-16(8-10-17)19(23)20-11-12-24-3/h7-10,14-15H,4-6,11-13H2,1-3H3,(H,20,23). The first-order valence-electron chi connectivity index (χ1n) is 8.84. The molecular weight excluding hydrogens is 320 g/mol. The summed E-state index contributed by atoms with van der Waals surface area (Å²) in [6.45, 7) is 5.14. The van der Waals surface area contributed by atoms with E-state index < -0.39 is 0 Å². The van der Waals surface area contributed by atoms with Crippen LogP contribution in [0.1, 0.15) is 43.5 Å². The lowest BCUT2D eigenvalue weighted by molar-refractivity contribution is -0.139. The van der Waals surface area contributed by atoms with E-state index in [0.717, 1.165) is 12.8 Å². The Morgan fingerprint density at radius 1 is 1.16 bits per heavy atom. The predicted molar refractivity (Wildman–Crippen MR) is 95.8 cm³/mol. The number of amides is 2. The van der Waals surface area contributed by atoms with E-state index >= 15 is 0 Å². The highest BCUT2D eigenvalue weighted by atomic mass is 16.5. The van der Waals surface area contributed by atoms with E-state index in [4.69, 9.17) is 9.47 Å². The number of rotatable bonds is 7. The van der Waals surface area contributed by atoms with Crippen LogP contribution in [-0.4, -0.2) is 55.7 Å². The van der Waals surface area contributed by atoms with Gasteiger partial charge in [0.05, 0.1) is 6.61 Å². The molecule has 1 heterocycles. The quantitative estimate of drug-likeness (QED) is 0.767. The van der Waals surface area contributed by atoms with E-state index in [9.17, 15) is 9.59 Å². The van der Waals surface area contributed by atoms with Crippen LogP contribution in [0.25, 0.3) is 0 Å². The van der Waals surface area contributed by atoms with Gasteiger partial charge in [-0.1, -0.05) is 0 Å². The monoisotopic (exact) mass is 348 g/mol. The maximum atomic E-state index is 12.4. The molecule has 25 heavy (non-hydrogen) atoms. The fourth-order valence-corrected chi connectivity index (χ4v) is 3.20. The van der Waals surface area contributed by atoms with Crippen molar-refractivity contribution in [3.05, 3.63) is 29.8 Å². The summed E-state index contributed by atoms with van der Waals surface area (Å²) in [5.41, 5.74) is 0.549. The van der Waals surface area contributed by atoms with E-state index in [-0.39, 0.29) is 30.5 Å². The van der Waals surface area contributed by atoms with Crippen LogP contribution in [0.3, 0.4) is 0 Å². The summed E-state index contributed by atoms with van der Waals surface area (Å²) in [6, 6.07) is 7.32. The van der Waals surface area contributed by atoms with Gasteiger partial charge in [0, 0.05) is 31.3 Å². The zero-order chi connectivity index (χ0) is 18.2. The molecule has 1 aromatic carbocycles. The van der Waals surface area contributed by atoms with Crippen molar-refractivity contribution >= 4 is 11.8 Å². The van der Waals surface area contributed by atoms with Crippen LogP contribution < -0.4 is 10.1 Å². The molecule has 2 rings (SSSR count). The van der Waals surface area contributed by atoms with Gasteiger partial charge in [0.1, 0.15) is 5.75 Å². The average molecular weight is 348 g/mol. The van der Waals surface area contributed by atoms with Gasteiger partial charge >= 0.3 is 0 Å². The minimum Gasteiger partial charge on any atom is -0.484 e. The smallest absolute Gasteiger partial charge is 0.260 e. The molecule has 0 bridgehead atoms. The lowest BCUT2D eigenvalue weighted by Gasteiger charge is -2.38. The van der Waals surface area contributed by atoms with E-state index in [1.807, 2.05) is 4.90 Å². The Labute approximate surface area is 149 Å². The molecule has 1 saturated heterocycles. The molecule has 6 nitrogen and oxygen atoms in total. The van der Waals surface area contributed by atoms with Crippen LogP contribution in [0.4, 0.5) is 0 Å². The summed E-state index contributed by atoms with van der Waals surface area (Å²) in [6.07, 6.45) is 3.26. The van der Waals surface area contributed by atoms with Crippen molar-refractivity contribution in [2.45, 2.75) is 45.2 Å². The van der Waals surface area contributed by atoms with Gasteiger partial charge in [-0.3, -0.25) is 9.59 Å². The summed E-state index contributed by atoms with van der Waals surface area (Å²) in [5.74, 6) is 0.441. The van der Waals surface area contributed by atoms with Gasteiger partial charge in [-0.2, -0.15) is 0 Å². The summed E-state index contributed by atoms with van der Waals surface area (Å²) < 4.78 is 10.5. The second-order valence-corrected chi connectivity index (χ2v) is 6.49. The Hall–Kier alpha value is -2.08. The largest absolute Gasteiger partial charge is 0.484 e. The molecule has 0 aliphatic carbocycles. The van der Waals surface area contributed by atoms with E-state index in [0.29, 0.717) is 24.5 Å². The lowest BCUT2D eigenvalue weighted by atomic mass is 9.97. The minimum absolute atomic E-state index is 0.0149. The van der Waals surface area contributed by atoms with Crippen molar-refractivity contribution in [2.75, 3.05) is 26.9 Å². The van der Waals surface area contributed by atoms with Crippen LogP contribution in [0.5, 0.6) is 5.75 Å². The summed E-state index contributed by atoms with van der Waals surface area (Å²) in [4.78, 5) is 26.3. The van der Waals surface area contributed by atoms with Crippen molar-refractivity contribution < 1.29 is 19.1 Å². The molecule has 0 aromatic heterocycles. The van der Waals surface area contributed by atoms with E-state index in [2.05, 4.69) is 19.2 Å². The molecule has 0 saturated carbocycles. The van der Waals surface area contributed by atoms with Gasteiger partial charge in [0.15, 0.2) is 6.61 Å². The lowest BCUT2D eigenvalue weighted by Crippen LogP contribution is -2.49. The van der Waals surface area contributed by atoms with Crippen LogP contribution in [0.2, 0.25) is 0 Å². The number of ether oxygens (including phenoxy) is 2. The first kappa shape index (κ1) is 19.2. The van der Waals surface area contributed by atoms with Crippen molar-refractivity contribution in [3.8, 4) is 5.75 Å². The summed E-state index contributed by atoms with van der Waals surface area (Å²) in [7, 11) is 1.59. The molecule has 1 N–H and O–H groups in total. The Kier molecular flexibility index (Phi) is 7.25. The highest BCUT2D eigenvalue weighted by Crippen LogP contribution is 2.22. The maximum absolute atomic E-state index is 12.4. The number of likely N-dealkylation sites (tertiary alicyclic amines) is 1. The number of piperidine rings is 1. The fraction of sp³-hybridized carbons (Fsp3) is 0.579. The second kappa shape index (κ2) is 9.42. The number of nitrogens with zero attached hydrogens (tertiary/aromatic N) is 1. The first-order chi connectivity index (χ1) is 12.0. The molecule has 0 spiro atoms. The number of methoxy groups -OCH3 is 1. The van der Waals surface area contributed by atoms with Crippen molar-refractivity contribution in [3.63, 3.8) is 0 Å². The Balaban J connectivity index is 1.84. The SMILES string of the molecule is COCCNC(=O)c1ccc(OCC(=O)N2C(C)CCCC2C)cc1. The van der Waals surface area contributed by atoms with E-state index in [1.165, 1.54) is 6.42 Å². The van der Waals surface area contributed by atoms with Gasteiger partial charge in [-0.05, 0) is 57.4 Å². The number of hydrogen-bond donors (Lipinski definition) is 1. The van der Waals surface area contributed by atoms with E-state index in [1.54, 1.807) is 31.4 Å². The third-order valence-electron chi connectivity index (χ3n) is 4.55. The number of carbonyl (C=O) groups is 2. The summed E-state index contributed by atoms with van der Waals surface area (Å²) >= 11 is 0. The van der Waals surface area contributed by atoms with Crippen LogP contribution in [0.15, 0.2) is 24.3 Å². The molecule has 2 unspecified atom stereocenters. The third kappa shape index (κ3) is 5.46. The Morgan fingerprint density at radius 3 is 2.40 bits per heavy atom. The predicted octanol–water partition coefficient (Wildman–Crippen LogP) is 2.23. The van der Waals surface area contributed by atoms with Gasteiger partial charge in [0.25, 0.3) is 11.8 Å². The molecule has 2 atom stereocenters. The van der Waals surface area contributed by atoms with Crippen LogP contribution in [0, 0.1) is 0 Å².